The molecule has 2 atom stereocenters. The highest BCUT2D eigenvalue weighted by molar-refractivity contribution is 5.84. The Morgan fingerprint density at radius 1 is 1.32 bits per heavy atom. The van der Waals surface area contributed by atoms with Gasteiger partial charge in [-0.2, -0.15) is 0 Å². The third kappa shape index (κ3) is 3.55. The third-order valence-electron chi connectivity index (χ3n) is 3.59. The number of amides is 1. The Hall–Kier alpha value is -1.39. The van der Waals surface area contributed by atoms with Gasteiger partial charge in [0, 0.05) is 13.7 Å². The van der Waals surface area contributed by atoms with Crippen molar-refractivity contribution in [2.75, 3.05) is 20.3 Å². The first-order valence-corrected chi connectivity index (χ1v) is 6.81. The molecule has 4 heteroatoms. The number of carbonyl (C=O) groups is 1. The van der Waals surface area contributed by atoms with Crippen LogP contribution >= 0.6 is 0 Å². The number of ether oxygens (including phenoxy) is 1. The number of nitrogens with one attached hydrogen (secondary N) is 1. The minimum atomic E-state index is -0.0629. The van der Waals surface area contributed by atoms with Gasteiger partial charge in [-0.15, -0.1) is 0 Å². The Labute approximate surface area is 114 Å². The molecule has 1 aromatic rings. The van der Waals surface area contributed by atoms with E-state index in [1.807, 2.05) is 30.0 Å². The zero-order chi connectivity index (χ0) is 13.7. The molecular formula is C15H22N2O2. The van der Waals surface area contributed by atoms with Gasteiger partial charge in [-0.25, -0.2) is 0 Å². The van der Waals surface area contributed by atoms with E-state index in [0.717, 1.165) is 12.8 Å². The van der Waals surface area contributed by atoms with Crippen molar-refractivity contribution < 1.29 is 9.53 Å². The summed E-state index contributed by atoms with van der Waals surface area (Å²) in [5.41, 5.74) is 1.28. The van der Waals surface area contributed by atoms with Gasteiger partial charge in [0.2, 0.25) is 5.91 Å². The molecule has 2 unspecified atom stereocenters. The summed E-state index contributed by atoms with van der Waals surface area (Å²) in [5, 5.41) is 3.35. The summed E-state index contributed by atoms with van der Waals surface area (Å²) < 4.78 is 5.04. The molecule has 1 amide bonds. The largest absolute Gasteiger partial charge is 0.383 e. The monoisotopic (exact) mass is 262 g/mol. The van der Waals surface area contributed by atoms with E-state index in [1.165, 1.54) is 5.56 Å². The number of carbonyl (C=O) groups excluding carboxylic acids is 1. The molecule has 1 heterocycles. The Bertz CT molecular complexity index is 408. The van der Waals surface area contributed by atoms with Crippen LogP contribution in [0.5, 0.6) is 0 Å². The van der Waals surface area contributed by atoms with E-state index in [4.69, 9.17) is 4.74 Å². The van der Waals surface area contributed by atoms with E-state index in [9.17, 15) is 4.79 Å². The Morgan fingerprint density at radius 2 is 2.05 bits per heavy atom. The summed E-state index contributed by atoms with van der Waals surface area (Å²) in [6.45, 7) is 3.27. The molecular weight excluding hydrogens is 240 g/mol. The van der Waals surface area contributed by atoms with E-state index in [1.54, 1.807) is 7.11 Å². The van der Waals surface area contributed by atoms with Crippen LogP contribution in [0, 0.1) is 0 Å². The summed E-state index contributed by atoms with van der Waals surface area (Å²) in [5.74, 6) is 0.195. The maximum Gasteiger partial charge on any atom is 0.241 e. The van der Waals surface area contributed by atoms with E-state index in [2.05, 4.69) is 17.4 Å². The molecule has 1 aromatic carbocycles. The van der Waals surface area contributed by atoms with Crippen molar-refractivity contribution in [2.45, 2.75) is 32.0 Å². The Balaban J connectivity index is 1.86. The predicted octanol–water partition coefficient (Wildman–Crippen LogP) is 1.41. The molecule has 0 bridgehead atoms. The lowest BCUT2D eigenvalue weighted by molar-refractivity contribution is -0.130. The first-order valence-electron chi connectivity index (χ1n) is 6.81. The lowest BCUT2D eigenvalue weighted by atomic mass is 10.1. The number of hydrogen-bond donors (Lipinski definition) is 1. The summed E-state index contributed by atoms with van der Waals surface area (Å²) in [7, 11) is 1.66. The first-order chi connectivity index (χ1) is 9.22. The highest BCUT2D eigenvalue weighted by atomic mass is 16.5. The third-order valence-corrected chi connectivity index (χ3v) is 3.59. The SMILES string of the molecule is COCCN1C(=O)C(CCc2ccccc2)NC1C. The fourth-order valence-electron chi connectivity index (χ4n) is 2.50. The molecule has 1 aliphatic heterocycles. The average Bonchev–Trinajstić information content (AvgIpc) is 2.70. The van der Waals surface area contributed by atoms with E-state index >= 15 is 0 Å². The molecule has 1 N–H and O–H groups in total. The zero-order valence-corrected chi connectivity index (χ0v) is 11.6. The lowest BCUT2D eigenvalue weighted by Gasteiger charge is -2.19. The number of hydrogen-bond acceptors (Lipinski definition) is 3. The molecule has 4 nitrogen and oxygen atoms in total. The standard InChI is InChI=1S/C15H22N2O2/c1-12-16-14(15(18)17(12)10-11-19-2)9-8-13-6-4-3-5-7-13/h3-7,12,14,16H,8-11H2,1-2H3. The van der Waals surface area contributed by atoms with E-state index < -0.39 is 0 Å². The van der Waals surface area contributed by atoms with Crippen molar-refractivity contribution in [3.8, 4) is 0 Å². The van der Waals surface area contributed by atoms with Gasteiger partial charge < -0.3 is 9.64 Å². The molecule has 1 fully saturated rings. The second-order valence-electron chi connectivity index (χ2n) is 4.94. The van der Waals surface area contributed by atoms with Crippen molar-refractivity contribution in [3.63, 3.8) is 0 Å². The highest BCUT2D eigenvalue weighted by Crippen LogP contribution is 2.15. The van der Waals surface area contributed by atoms with Gasteiger partial charge in [0.25, 0.3) is 0 Å². The topological polar surface area (TPSA) is 41.6 Å². The summed E-state index contributed by atoms with van der Waals surface area (Å²) >= 11 is 0. The molecule has 104 valence electrons. The molecule has 0 radical (unpaired) electrons. The molecule has 2 rings (SSSR count). The second-order valence-corrected chi connectivity index (χ2v) is 4.94. The quantitative estimate of drug-likeness (QED) is 0.843. The minimum Gasteiger partial charge on any atom is -0.383 e. The minimum absolute atomic E-state index is 0.0629. The zero-order valence-electron chi connectivity index (χ0n) is 11.6. The normalized spacial score (nSPS) is 23.1. The second kappa shape index (κ2) is 6.68. The van der Waals surface area contributed by atoms with Crippen LogP contribution in [0.3, 0.4) is 0 Å². The van der Waals surface area contributed by atoms with Gasteiger partial charge in [-0.3, -0.25) is 10.1 Å². The molecule has 0 saturated carbocycles. The fourth-order valence-corrected chi connectivity index (χ4v) is 2.50. The van der Waals surface area contributed by atoms with Crippen LogP contribution in [-0.4, -0.2) is 43.3 Å². The van der Waals surface area contributed by atoms with Crippen LogP contribution in [-0.2, 0) is 16.0 Å². The predicted molar refractivity (Wildman–Crippen MR) is 74.7 cm³/mol. The van der Waals surface area contributed by atoms with Gasteiger partial charge in [0.05, 0.1) is 18.8 Å². The van der Waals surface area contributed by atoms with Crippen LogP contribution in [0.15, 0.2) is 30.3 Å². The van der Waals surface area contributed by atoms with Crippen LogP contribution in [0.4, 0.5) is 0 Å². The smallest absolute Gasteiger partial charge is 0.241 e. The lowest BCUT2D eigenvalue weighted by Crippen LogP contribution is -2.37. The van der Waals surface area contributed by atoms with Crippen molar-refractivity contribution in [2.24, 2.45) is 0 Å². The van der Waals surface area contributed by atoms with Crippen molar-refractivity contribution in [3.05, 3.63) is 35.9 Å². The molecule has 1 aliphatic rings. The maximum absolute atomic E-state index is 12.3. The Kier molecular flexibility index (Phi) is 4.93. The molecule has 1 saturated heterocycles. The van der Waals surface area contributed by atoms with Crippen molar-refractivity contribution in [1.29, 1.82) is 0 Å². The van der Waals surface area contributed by atoms with Gasteiger partial charge in [0.1, 0.15) is 0 Å². The van der Waals surface area contributed by atoms with E-state index in [0.29, 0.717) is 13.2 Å². The Morgan fingerprint density at radius 3 is 2.74 bits per heavy atom. The number of aryl methyl sites for hydroxylation is 1. The summed E-state index contributed by atoms with van der Waals surface area (Å²) in [6.07, 6.45) is 1.87. The van der Waals surface area contributed by atoms with Crippen LogP contribution in [0.2, 0.25) is 0 Å². The van der Waals surface area contributed by atoms with Crippen LogP contribution < -0.4 is 5.32 Å². The highest BCUT2D eigenvalue weighted by Gasteiger charge is 2.35. The maximum atomic E-state index is 12.3. The fraction of sp³-hybridized carbons (Fsp3) is 0.533. The first kappa shape index (κ1) is 14.0. The number of benzene rings is 1. The number of nitrogens with zero attached hydrogens (tertiary/aromatic N) is 1. The van der Waals surface area contributed by atoms with Crippen LogP contribution in [0.1, 0.15) is 18.9 Å². The van der Waals surface area contributed by atoms with E-state index in [-0.39, 0.29) is 18.1 Å². The van der Waals surface area contributed by atoms with Crippen LogP contribution in [0.25, 0.3) is 0 Å². The van der Waals surface area contributed by atoms with Gasteiger partial charge >= 0.3 is 0 Å². The van der Waals surface area contributed by atoms with Gasteiger partial charge in [-0.1, -0.05) is 30.3 Å². The molecule has 0 aromatic heterocycles. The summed E-state index contributed by atoms with van der Waals surface area (Å²) in [4.78, 5) is 14.1. The molecule has 0 spiro atoms. The summed E-state index contributed by atoms with van der Waals surface area (Å²) in [6, 6.07) is 10.2. The van der Waals surface area contributed by atoms with Crippen molar-refractivity contribution >= 4 is 5.91 Å². The van der Waals surface area contributed by atoms with Crippen molar-refractivity contribution in [1.82, 2.24) is 10.2 Å². The van der Waals surface area contributed by atoms with Gasteiger partial charge in [-0.05, 0) is 25.3 Å². The molecule has 19 heavy (non-hydrogen) atoms. The number of methoxy groups -OCH3 is 1. The van der Waals surface area contributed by atoms with Gasteiger partial charge in [0.15, 0.2) is 0 Å². The number of rotatable bonds is 6. The average molecular weight is 262 g/mol. The molecule has 0 aliphatic carbocycles.